The molecule has 2 aromatic rings. The normalized spacial score (nSPS) is 12.9. The van der Waals surface area contributed by atoms with Crippen molar-refractivity contribution < 1.29 is 15.0 Å². The zero-order chi connectivity index (χ0) is 15.6. The van der Waals surface area contributed by atoms with Gasteiger partial charge in [0.1, 0.15) is 17.3 Å². The Labute approximate surface area is 120 Å². The van der Waals surface area contributed by atoms with Crippen molar-refractivity contribution >= 4 is 17.4 Å². The highest BCUT2D eigenvalue weighted by molar-refractivity contribution is 5.68. The molecule has 0 radical (unpaired) electrons. The fourth-order valence-electron chi connectivity index (χ4n) is 2.20. The Morgan fingerprint density at radius 3 is 2.67 bits per heavy atom. The molecule has 7 heteroatoms. The summed E-state index contributed by atoms with van der Waals surface area (Å²) in [7, 11) is 0. The number of aliphatic carboxylic acids is 1. The van der Waals surface area contributed by atoms with E-state index >= 15 is 0 Å². The largest absolute Gasteiger partial charge is 0.511 e. The van der Waals surface area contributed by atoms with Gasteiger partial charge in [0.15, 0.2) is 11.1 Å². The average Bonchev–Trinajstić information content (AvgIpc) is 2.84. The molecule has 0 aliphatic rings. The molecule has 0 saturated carbocycles. The lowest BCUT2D eigenvalue weighted by atomic mass is 10.1. The van der Waals surface area contributed by atoms with Crippen LogP contribution in [0.15, 0.2) is 17.2 Å². The molecule has 2 N–H and O–H groups in total. The molecule has 0 amide bonds. The molecular weight excluding hydrogens is 274 g/mol. The molecular formula is C14H17N3O4. The summed E-state index contributed by atoms with van der Waals surface area (Å²) in [5, 5.41) is 22.8. The Morgan fingerprint density at radius 2 is 2.05 bits per heavy atom. The first kappa shape index (κ1) is 15.0. The average molecular weight is 291 g/mol. The fraction of sp³-hybridized carbons (Fsp3) is 0.429. The minimum Gasteiger partial charge on any atom is -0.511 e. The highest BCUT2D eigenvalue weighted by Crippen LogP contribution is 2.07. The van der Waals surface area contributed by atoms with E-state index < -0.39 is 5.97 Å². The third-order valence-electron chi connectivity index (χ3n) is 3.07. The summed E-state index contributed by atoms with van der Waals surface area (Å²) >= 11 is 0. The van der Waals surface area contributed by atoms with Crippen LogP contribution >= 0.6 is 0 Å². The first-order valence-electron chi connectivity index (χ1n) is 6.69. The van der Waals surface area contributed by atoms with Gasteiger partial charge in [0, 0.05) is 18.2 Å². The number of carboxylic acids is 1. The molecule has 0 saturated heterocycles. The van der Waals surface area contributed by atoms with Crippen molar-refractivity contribution in [1.82, 2.24) is 14.6 Å². The summed E-state index contributed by atoms with van der Waals surface area (Å²) in [6, 6.07) is 1.42. The minimum atomic E-state index is -1.04. The SMILES string of the molecule is CC(C)Cc1cc(=O)c(=C(O)CCC(=O)O)c2ncnn12. The molecule has 0 spiro atoms. The molecule has 0 unspecified atom stereocenters. The number of hydrogen-bond acceptors (Lipinski definition) is 5. The topological polar surface area (TPSA) is 105 Å². The predicted octanol–water partition coefficient (Wildman–Crippen LogP) is 0.538. The monoisotopic (exact) mass is 291 g/mol. The van der Waals surface area contributed by atoms with E-state index in [0.29, 0.717) is 12.3 Å². The molecule has 0 aliphatic carbocycles. The number of rotatable bonds is 5. The number of pyridine rings is 1. The molecule has 0 atom stereocenters. The van der Waals surface area contributed by atoms with Crippen LogP contribution in [0.3, 0.4) is 0 Å². The van der Waals surface area contributed by atoms with Gasteiger partial charge in [-0.2, -0.15) is 5.10 Å². The summed E-state index contributed by atoms with van der Waals surface area (Å²) in [6.07, 6.45) is 1.60. The molecule has 0 bridgehead atoms. The van der Waals surface area contributed by atoms with Gasteiger partial charge in [0.2, 0.25) is 0 Å². The van der Waals surface area contributed by atoms with Crippen molar-refractivity contribution in [1.29, 1.82) is 0 Å². The zero-order valence-electron chi connectivity index (χ0n) is 11.9. The molecule has 0 aromatic carbocycles. The Kier molecular flexibility index (Phi) is 4.21. The lowest BCUT2D eigenvalue weighted by molar-refractivity contribution is -0.136. The summed E-state index contributed by atoms with van der Waals surface area (Å²) in [4.78, 5) is 26.8. The Balaban J connectivity index is 2.63. The number of nitrogens with zero attached hydrogens (tertiary/aromatic N) is 3. The first-order valence-corrected chi connectivity index (χ1v) is 6.69. The predicted molar refractivity (Wildman–Crippen MR) is 75.9 cm³/mol. The maximum atomic E-state index is 12.2. The lowest BCUT2D eigenvalue weighted by Crippen LogP contribution is -2.31. The van der Waals surface area contributed by atoms with E-state index in [4.69, 9.17) is 5.11 Å². The molecule has 0 aliphatic heterocycles. The Bertz CT molecular complexity index is 779. The zero-order valence-corrected chi connectivity index (χ0v) is 11.9. The molecule has 2 heterocycles. The summed E-state index contributed by atoms with van der Waals surface area (Å²) < 4.78 is 1.52. The van der Waals surface area contributed by atoms with E-state index in [1.807, 2.05) is 13.8 Å². The van der Waals surface area contributed by atoms with Gasteiger partial charge in [-0.15, -0.1) is 0 Å². The first-order chi connectivity index (χ1) is 9.90. The second-order valence-corrected chi connectivity index (χ2v) is 5.31. The third-order valence-corrected chi connectivity index (χ3v) is 3.07. The van der Waals surface area contributed by atoms with Gasteiger partial charge >= 0.3 is 5.97 Å². The van der Waals surface area contributed by atoms with E-state index in [0.717, 1.165) is 5.69 Å². The van der Waals surface area contributed by atoms with Gasteiger partial charge < -0.3 is 10.2 Å². The molecule has 7 nitrogen and oxygen atoms in total. The number of fused-ring (bicyclic) bond motifs is 1. The van der Waals surface area contributed by atoms with Crippen LogP contribution in [0, 0.1) is 5.92 Å². The highest BCUT2D eigenvalue weighted by atomic mass is 16.4. The van der Waals surface area contributed by atoms with E-state index in [-0.39, 0.29) is 34.9 Å². The van der Waals surface area contributed by atoms with Crippen LogP contribution in [0.4, 0.5) is 0 Å². The van der Waals surface area contributed by atoms with Gasteiger partial charge in [-0.3, -0.25) is 9.59 Å². The van der Waals surface area contributed by atoms with E-state index in [1.54, 1.807) is 0 Å². The number of aliphatic hydroxyl groups excluding tert-OH is 1. The fourth-order valence-corrected chi connectivity index (χ4v) is 2.20. The molecule has 21 heavy (non-hydrogen) atoms. The number of carbonyl (C=O) groups is 1. The smallest absolute Gasteiger partial charge is 0.303 e. The van der Waals surface area contributed by atoms with Crippen molar-refractivity contribution in [2.75, 3.05) is 0 Å². The molecule has 2 aromatic heterocycles. The summed E-state index contributed by atoms with van der Waals surface area (Å²) in [5.74, 6) is -0.966. The summed E-state index contributed by atoms with van der Waals surface area (Å²) in [6.45, 7) is 4.05. The van der Waals surface area contributed by atoms with Gasteiger partial charge in [0.25, 0.3) is 0 Å². The van der Waals surface area contributed by atoms with Crippen LogP contribution in [0.5, 0.6) is 0 Å². The molecule has 112 valence electrons. The maximum absolute atomic E-state index is 12.2. The highest BCUT2D eigenvalue weighted by Gasteiger charge is 2.13. The number of aromatic nitrogens is 3. The van der Waals surface area contributed by atoms with Crippen LogP contribution in [-0.2, 0) is 11.2 Å². The second-order valence-electron chi connectivity index (χ2n) is 5.31. The van der Waals surface area contributed by atoms with Crippen molar-refractivity contribution in [3.63, 3.8) is 0 Å². The van der Waals surface area contributed by atoms with Gasteiger partial charge in [0.05, 0.1) is 6.42 Å². The summed E-state index contributed by atoms with van der Waals surface area (Å²) in [5.41, 5.74) is 0.618. The Morgan fingerprint density at radius 1 is 1.33 bits per heavy atom. The van der Waals surface area contributed by atoms with Crippen LogP contribution in [-0.4, -0.2) is 30.8 Å². The van der Waals surface area contributed by atoms with Gasteiger partial charge in [-0.25, -0.2) is 9.50 Å². The quantitative estimate of drug-likeness (QED) is 0.833. The van der Waals surface area contributed by atoms with Gasteiger partial charge in [-0.05, 0) is 12.3 Å². The van der Waals surface area contributed by atoms with Crippen LogP contribution in [0.1, 0.15) is 32.4 Å². The van der Waals surface area contributed by atoms with E-state index in [2.05, 4.69) is 10.1 Å². The standard InChI is InChI=1S/C14H17N3O4/c1-8(2)5-9-6-11(19)13(10(18)3-4-12(20)21)14-15-7-16-17(9)14/h6-8,18H,3-5H2,1-2H3,(H,20,21). The van der Waals surface area contributed by atoms with Crippen molar-refractivity contribution in [2.24, 2.45) is 5.92 Å². The number of hydrogen-bond donors (Lipinski definition) is 2. The van der Waals surface area contributed by atoms with E-state index in [9.17, 15) is 14.7 Å². The number of aliphatic hydroxyl groups is 1. The third kappa shape index (κ3) is 3.18. The number of carboxylic acid groups (broad SMARTS) is 1. The van der Waals surface area contributed by atoms with Crippen molar-refractivity contribution in [2.45, 2.75) is 33.1 Å². The molecule has 2 rings (SSSR count). The van der Waals surface area contributed by atoms with Crippen LogP contribution in [0.2, 0.25) is 0 Å². The molecule has 0 fully saturated rings. The Hall–Kier alpha value is -2.44. The minimum absolute atomic E-state index is 0.0289. The van der Waals surface area contributed by atoms with Crippen LogP contribution in [0.25, 0.3) is 11.4 Å². The maximum Gasteiger partial charge on any atom is 0.303 e. The second kappa shape index (κ2) is 5.90. The van der Waals surface area contributed by atoms with Crippen molar-refractivity contribution in [3.05, 3.63) is 33.5 Å². The van der Waals surface area contributed by atoms with Crippen molar-refractivity contribution in [3.8, 4) is 0 Å². The van der Waals surface area contributed by atoms with E-state index in [1.165, 1.54) is 16.9 Å². The lowest BCUT2D eigenvalue weighted by Gasteiger charge is -2.07. The van der Waals surface area contributed by atoms with Gasteiger partial charge in [-0.1, -0.05) is 13.8 Å². The van der Waals surface area contributed by atoms with Crippen LogP contribution < -0.4 is 10.6 Å².